The number of likely N-dealkylation sites (tertiary alicyclic amines) is 1. The van der Waals surface area contributed by atoms with Crippen LogP contribution in [0, 0.1) is 5.92 Å². The average Bonchev–Trinajstić information content (AvgIpc) is 3.29. The minimum absolute atomic E-state index is 0.110. The monoisotopic (exact) mass is 399 g/mol. The fourth-order valence-electron chi connectivity index (χ4n) is 3.84. The van der Waals surface area contributed by atoms with Gasteiger partial charge in [0.15, 0.2) is 5.13 Å². The molecular weight excluding hydrogens is 374 g/mol. The van der Waals surface area contributed by atoms with Gasteiger partial charge in [0.2, 0.25) is 5.91 Å². The molecule has 4 rings (SSSR count). The van der Waals surface area contributed by atoms with Crippen LogP contribution in [-0.4, -0.2) is 66.0 Å². The van der Waals surface area contributed by atoms with Gasteiger partial charge in [0.25, 0.3) is 0 Å². The highest BCUT2D eigenvalue weighted by Gasteiger charge is 2.32. The quantitative estimate of drug-likeness (QED) is 0.862. The van der Waals surface area contributed by atoms with Crippen LogP contribution in [0.3, 0.4) is 0 Å². The summed E-state index contributed by atoms with van der Waals surface area (Å²) in [7, 11) is 0. The average molecular weight is 400 g/mol. The van der Waals surface area contributed by atoms with E-state index in [0.717, 1.165) is 36.8 Å². The molecule has 1 unspecified atom stereocenters. The normalized spacial score (nSPS) is 20.1. The largest absolute Gasteiger partial charge is 0.345 e. The first-order valence-electron chi connectivity index (χ1n) is 9.75. The number of amides is 3. The molecule has 8 heteroatoms. The second-order valence-corrected chi connectivity index (χ2v) is 8.08. The Balaban J connectivity index is 1.30. The first-order chi connectivity index (χ1) is 13.7. The highest BCUT2D eigenvalue weighted by atomic mass is 32.1. The minimum Gasteiger partial charge on any atom is -0.345 e. The lowest BCUT2D eigenvalue weighted by atomic mass is 9.96. The topological polar surface area (TPSA) is 68.8 Å². The molecule has 2 aromatic rings. The molecular formula is C20H25N5O2S. The smallest absolute Gasteiger partial charge is 0.321 e. The number of rotatable bonds is 3. The van der Waals surface area contributed by atoms with Crippen molar-refractivity contribution in [3.63, 3.8) is 0 Å². The van der Waals surface area contributed by atoms with E-state index in [4.69, 9.17) is 0 Å². The van der Waals surface area contributed by atoms with Gasteiger partial charge in [0, 0.05) is 56.5 Å². The summed E-state index contributed by atoms with van der Waals surface area (Å²) in [6.07, 6.45) is 3.52. The maximum Gasteiger partial charge on any atom is 0.321 e. The molecule has 2 aliphatic rings. The number of hydrogen-bond donors (Lipinski definition) is 1. The highest BCUT2D eigenvalue weighted by molar-refractivity contribution is 7.13. The van der Waals surface area contributed by atoms with Gasteiger partial charge in [0.05, 0.1) is 5.92 Å². The number of carbonyl (C=O) groups is 2. The minimum atomic E-state index is -0.128. The molecule has 2 saturated heterocycles. The van der Waals surface area contributed by atoms with E-state index in [1.54, 1.807) is 16.2 Å². The molecule has 1 aromatic heterocycles. The zero-order chi connectivity index (χ0) is 19.3. The maximum absolute atomic E-state index is 13.0. The number of aromatic nitrogens is 1. The van der Waals surface area contributed by atoms with Crippen LogP contribution in [0.15, 0.2) is 41.9 Å². The number of anilines is 2. The lowest BCUT2D eigenvalue weighted by Gasteiger charge is -2.39. The first kappa shape index (κ1) is 18.7. The molecule has 2 fully saturated rings. The van der Waals surface area contributed by atoms with E-state index in [1.807, 2.05) is 46.8 Å². The van der Waals surface area contributed by atoms with Crippen LogP contribution in [0.1, 0.15) is 12.8 Å². The zero-order valence-electron chi connectivity index (χ0n) is 15.8. The van der Waals surface area contributed by atoms with Gasteiger partial charge < -0.3 is 20.0 Å². The fourth-order valence-corrected chi connectivity index (χ4v) is 4.53. The number of benzene rings is 1. The SMILES string of the molecule is O=C(Nc1ccccc1)N1CCCC(C(=O)N2CCN(c3nccs3)CC2)C1. The van der Waals surface area contributed by atoms with E-state index in [0.29, 0.717) is 26.2 Å². The van der Waals surface area contributed by atoms with Crippen LogP contribution in [-0.2, 0) is 4.79 Å². The van der Waals surface area contributed by atoms with Gasteiger partial charge in [-0.1, -0.05) is 18.2 Å². The zero-order valence-corrected chi connectivity index (χ0v) is 16.6. The van der Waals surface area contributed by atoms with Crippen molar-refractivity contribution < 1.29 is 9.59 Å². The van der Waals surface area contributed by atoms with E-state index < -0.39 is 0 Å². The number of carbonyl (C=O) groups excluding carboxylic acids is 2. The van der Waals surface area contributed by atoms with Gasteiger partial charge in [-0.15, -0.1) is 11.3 Å². The van der Waals surface area contributed by atoms with Crippen molar-refractivity contribution in [2.75, 3.05) is 49.5 Å². The molecule has 0 radical (unpaired) electrons. The van der Waals surface area contributed by atoms with Gasteiger partial charge in [-0.3, -0.25) is 4.79 Å². The Morgan fingerprint density at radius 1 is 1.04 bits per heavy atom. The molecule has 7 nitrogen and oxygen atoms in total. The summed E-state index contributed by atoms with van der Waals surface area (Å²) in [5, 5.41) is 5.92. The van der Waals surface area contributed by atoms with Crippen LogP contribution in [0.5, 0.6) is 0 Å². The third-order valence-corrected chi connectivity index (χ3v) is 6.20. The maximum atomic E-state index is 13.0. The van der Waals surface area contributed by atoms with Gasteiger partial charge >= 0.3 is 6.03 Å². The summed E-state index contributed by atoms with van der Waals surface area (Å²) in [6, 6.07) is 9.31. The van der Waals surface area contributed by atoms with Crippen molar-refractivity contribution >= 4 is 34.1 Å². The number of piperidine rings is 1. The second kappa shape index (κ2) is 8.60. The molecule has 2 aliphatic heterocycles. The molecule has 28 heavy (non-hydrogen) atoms. The fraction of sp³-hybridized carbons (Fsp3) is 0.450. The Bertz CT molecular complexity index is 790. The summed E-state index contributed by atoms with van der Waals surface area (Å²) in [6.45, 7) is 4.23. The van der Waals surface area contributed by atoms with Crippen molar-refractivity contribution in [2.45, 2.75) is 12.8 Å². The lowest BCUT2D eigenvalue weighted by molar-refractivity contribution is -0.137. The molecule has 0 aliphatic carbocycles. The standard InChI is InChI=1S/C20H25N5O2S/c26-18(23-10-12-24(13-11-23)20-21-8-14-28-20)16-5-4-9-25(15-16)19(27)22-17-6-2-1-3-7-17/h1-3,6-8,14,16H,4-5,9-13,15H2,(H,22,27). The van der Waals surface area contributed by atoms with Gasteiger partial charge in [0.1, 0.15) is 0 Å². The number of nitrogens with zero attached hydrogens (tertiary/aromatic N) is 4. The van der Waals surface area contributed by atoms with Crippen molar-refractivity contribution in [1.82, 2.24) is 14.8 Å². The summed E-state index contributed by atoms with van der Waals surface area (Å²) < 4.78 is 0. The Kier molecular flexibility index (Phi) is 5.76. The highest BCUT2D eigenvalue weighted by Crippen LogP contribution is 2.23. The van der Waals surface area contributed by atoms with Crippen LogP contribution in [0.25, 0.3) is 0 Å². The van der Waals surface area contributed by atoms with Crippen LogP contribution in [0.2, 0.25) is 0 Å². The van der Waals surface area contributed by atoms with Crippen molar-refractivity contribution in [3.8, 4) is 0 Å². The number of thiazole rings is 1. The molecule has 3 amide bonds. The molecule has 0 spiro atoms. The van der Waals surface area contributed by atoms with E-state index in [9.17, 15) is 9.59 Å². The lowest BCUT2D eigenvalue weighted by Crippen LogP contribution is -2.53. The molecule has 1 aromatic carbocycles. The van der Waals surface area contributed by atoms with Crippen LogP contribution >= 0.6 is 11.3 Å². The van der Waals surface area contributed by atoms with Gasteiger partial charge in [-0.25, -0.2) is 9.78 Å². The third kappa shape index (κ3) is 4.27. The Morgan fingerprint density at radius 3 is 2.54 bits per heavy atom. The summed E-state index contributed by atoms with van der Waals surface area (Å²) in [5.41, 5.74) is 0.777. The van der Waals surface area contributed by atoms with Crippen molar-refractivity contribution in [1.29, 1.82) is 0 Å². The summed E-state index contributed by atoms with van der Waals surface area (Å²) >= 11 is 1.63. The third-order valence-electron chi connectivity index (χ3n) is 5.36. The molecule has 3 heterocycles. The van der Waals surface area contributed by atoms with Gasteiger partial charge in [-0.05, 0) is 25.0 Å². The van der Waals surface area contributed by atoms with E-state index in [1.165, 1.54) is 0 Å². The number of piperazine rings is 1. The van der Waals surface area contributed by atoms with E-state index >= 15 is 0 Å². The second-order valence-electron chi connectivity index (χ2n) is 7.21. The predicted octanol–water partition coefficient (Wildman–Crippen LogP) is 2.74. The van der Waals surface area contributed by atoms with Crippen LogP contribution in [0.4, 0.5) is 15.6 Å². The van der Waals surface area contributed by atoms with Crippen molar-refractivity contribution in [2.24, 2.45) is 5.92 Å². The molecule has 0 bridgehead atoms. The Labute approximate surface area is 169 Å². The Hall–Kier alpha value is -2.61. The molecule has 148 valence electrons. The molecule has 1 atom stereocenters. The number of para-hydroxylation sites is 1. The Morgan fingerprint density at radius 2 is 1.82 bits per heavy atom. The van der Waals surface area contributed by atoms with E-state index in [2.05, 4.69) is 15.2 Å². The number of hydrogen-bond acceptors (Lipinski definition) is 5. The van der Waals surface area contributed by atoms with Crippen LogP contribution < -0.4 is 10.2 Å². The number of urea groups is 1. The van der Waals surface area contributed by atoms with Gasteiger partial charge in [-0.2, -0.15) is 0 Å². The first-order valence-corrected chi connectivity index (χ1v) is 10.6. The number of nitrogens with one attached hydrogen (secondary N) is 1. The summed E-state index contributed by atoms with van der Waals surface area (Å²) in [4.78, 5) is 35.9. The van der Waals surface area contributed by atoms with Crippen molar-refractivity contribution in [3.05, 3.63) is 41.9 Å². The predicted molar refractivity (Wildman–Crippen MR) is 111 cm³/mol. The molecule has 1 N–H and O–H groups in total. The summed E-state index contributed by atoms with van der Waals surface area (Å²) in [5.74, 6) is 0.0673. The molecule has 0 saturated carbocycles. The van der Waals surface area contributed by atoms with E-state index in [-0.39, 0.29) is 17.9 Å².